The standard InChI is InChI=1S/C27H26FN3O4/c1-18(30(16-17-34-2)26(32)19-10-4-6-12-21(19)28)25-29-22-13-7-5-11-20(22)27(33)31(25)23-14-8-9-15-24(23)35-3/h4-15,18H,16-17H2,1-3H3. The van der Waals surface area contributed by atoms with Gasteiger partial charge in [-0.1, -0.05) is 36.4 Å². The van der Waals surface area contributed by atoms with Crippen LogP contribution in [0.15, 0.2) is 77.6 Å². The monoisotopic (exact) mass is 475 g/mol. The topological polar surface area (TPSA) is 73.7 Å². The molecule has 0 saturated heterocycles. The Labute approximate surface area is 202 Å². The SMILES string of the molecule is COCCN(C(=O)c1ccccc1F)C(C)c1nc2ccccc2c(=O)n1-c1ccccc1OC. The highest BCUT2D eigenvalue weighted by Crippen LogP contribution is 2.28. The minimum absolute atomic E-state index is 0.0672. The number of fused-ring (bicyclic) bond motifs is 1. The fraction of sp³-hybridized carbons (Fsp3) is 0.222. The number of hydrogen-bond donors (Lipinski definition) is 0. The van der Waals surface area contributed by atoms with Gasteiger partial charge >= 0.3 is 0 Å². The van der Waals surface area contributed by atoms with Crippen LogP contribution in [-0.4, -0.2) is 47.7 Å². The summed E-state index contributed by atoms with van der Waals surface area (Å²) in [6.45, 7) is 2.15. The molecule has 0 spiro atoms. The normalized spacial score (nSPS) is 11.9. The van der Waals surface area contributed by atoms with Gasteiger partial charge in [0.2, 0.25) is 0 Å². The maximum atomic E-state index is 14.5. The van der Waals surface area contributed by atoms with Crippen LogP contribution in [0.25, 0.3) is 16.6 Å². The fourth-order valence-electron chi connectivity index (χ4n) is 4.07. The molecule has 0 bridgehead atoms. The summed E-state index contributed by atoms with van der Waals surface area (Å²) >= 11 is 0. The molecular formula is C27H26FN3O4. The second kappa shape index (κ2) is 10.5. The average Bonchev–Trinajstić information content (AvgIpc) is 2.89. The number of ether oxygens (including phenoxy) is 2. The van der Waals surface area contributed by atoms with Gasteiger partial charge in [0.25, 0.3) is 11.5 Å². The summed E-state index contributed by atoms with van der Waals surface area (Å²) in [7, 11) is 3.05. The number of amides is 1. The van der Waals surface area contributed by atoms with Gasteiger partial charge in [-0.05, 0) is 43.3 Å². The van der Waals surface area contributed by atoms with Crippen LogP contribution in [0.3, 0.4) is 0 Å². The van der Waals surface area contributed by atoms with Crippen molar-refractivity contribution >= 4 is 16.8 Å². The number of halogens is 1. The predicted molar refractivity (Wildman–Crippen MR) is 132 cm³/mol. The molecule has 1 unspecified atom stereocenters. The van der Waals surface area contributed by atoms with Crippen molar-refractivity contribution in [2.24, 2.45) is 0 Å². The van der Waals surface area contributed by atoms with Crippen molar-refractivity contribution in [3.05, 3.63) is 100 Å². The lowest BCUT2D eigenvalue weighted by Crippen LogP contribution is -2.39. The Hall–Kier alpha value is -4.04. The Morgan fingerprint density at radius 3 is 2.46 bits per heavy atom. The van der Waals surface area contributed by atoms with Gasteiger partial charge < -0.3 is 14.4 Å². The molecule has 0 fully saturated rings. The van der Waals surface area contributed by atoms with Crippen molar-refractivity contribution in [2.75, 3.05) is 27.4 Å². The molecule has 4 aromatic rings. The Kier molecular flexibility index (Phi) is 7.22. The number of para-hydroxylation sites is 3. The largest absolute Gasteiger partial charge is 0.495 e. The summed E-state index contributed by atoms with van der Waals surface area (Å²) in [6, 6.07) is 19.2. The second-order valence-electron chi connectivity index (χ2n) is 7.95. The maximum absolute atomic E-state index is 14.5. The third-order valence-electron chi connectivity index (χ3n) is 5.87. The first-order chi connectivity index (χ1) is 17.0. The van der Waals surface area contributed by atoms with E-state index < -0.39 is 17.8 Å². The van der Waals surface area contributed by atoms with Crippen molar-refractivity contribution in [1.82, 2.24) is 14.5 Å². The number of methoxy groups -OCH3 is 2. The molecular weight excluding hydrogens is 449 g/mol. The van der Waals surface area contributed by atoms with Crippen LogP contribution in [-0.2, 0) is 4.74 Å². The van der Waals surface area contributed by atoms with Crippen molar-refractivity contribution < 1.29 is 18.7 Å². The van der Waals surface area contributed by atoms with Gasteiger partial charge in [0, 0.05) is 13.7 Å². The molecule has 0 aliphatic heterocycles. The summed E-state index contributed by atoms with van der Waals surface area (Å²) in [4.78, 5) is 33.5. The molecule has 0 aliphatic rings. The fourth-order valence-corrected chi connectivity index (χ4v) is 4.07. The molecule has 0 saturated carbocycles. The lowest BCUT2D eigenvalue weighted by molar-refractivity contribution is 0.0601. The third kappa shape index (κ3) is 4.65. The molecule has 4 rings (SSSR count). The van der Waals surface area contributed by atoms with Gasteiger partial charge in [0.1, 0.15) is 17.4 Å². The van der Waals surface area contributed by atoms with Crippen LogP contribution < -0.4 is 10.3 Å². The van der Waals surface area contributed by atoms with Crippen LogP contribution in [0.1, 0.15) is 29.1 Å². The van der Waals surface area contributed by atoms with Crippen LogP contribution in [0, 0.1) is 5.82 Å². The Morgan fingerprint density at radius 1 is 1.03 bits per heavy atom. The number of carbonyl (C=O) groups excluding carboxylic acids is 1. The molecule has 1 heterocycles. The molecule has 180 valence electrons. The minimum Gasteiger partial charge on any atom is -0.495 e. The zero-order valence-corrected chi connectivity index (χ0v) is 19.8. The number of carbonyl (C=O) groups is 1. The highest BCUT2D eigenvalue weighted by Gasteiger charge is 2.29. The highest BCUT2D eigenvalue weighted by atomic mass is 19.1. The molecule has 35 heavy (non-hydrogen) atoms. The van der Waals surface area contributed by atoms with Crippen LogP contribution in [0.5, 0.6) is 5.75 Å². The molecule has 0 radical (unpaired) electrons. The van der Waals surface area contributed by atoms with E-state index >= 15 is 0 Å². The molecule has 8 heteroatoms. The minimum atomic E-state index is -0.709. The van der Waals surface area contributed by atoms with Crippen molar-refractivity contribution in [2.45, 2.75) is 13.0 Å². The second-order valence-corrected chi connectivity index (χ2v) is 7.95. The van der Waals surface area contributed by atoms with E-state index in [1.54, 1.807) is 61.5 Å². The summed E-state index contributed by atoms with van der Waals surface area (Å²) < 4.78 is 26.7. The van der Waals surface area contributed by atoms with Gasteiger partial charge in [-0.15, -0.1) is 0 Å². The third-order valence-corrected chi connectivity index (χ3v) is 5.87. The quantitative estimate of drug-likeness (QED) is 0.378. The van der Waals surface area contributed by atoms with Crippen LogP contribution in [0.4, 0.5) is 4.39 Å². The van der Waals surface area contributed by atoms with Gasteiger partial charge in [0.15, 0.2) is 0 Å². The van der Waals surface area contributed by atoms with E-state index in [0.29, 0.717) is 28.2 Å². The number of rotatable bonds is 8. The molecule has 1 amide bonds. The van der Waals surface area contributed by atoms with E-state index in [4.69, 9.17) is 14.5 Å². The van der Waals surface area contributed by atoms with Crippen LogP contribution in [0.2, 0.25) is 0 Å². The number of hydrogen-bond acceptors (Lipinski definition) is 5. The zero-order valence-electron chi connectivity index (χ0n) is 19.8. The smallest absolute Gasteiger partial charge is 0.266 e. The molecule has 0 aliphatic carbocycles. The van der Waals surface area contributed by atoms with E-state index in [2.05, 4.69) is 0 Å². The number of aromatic nitrogens is 2. The van der Waals surface area contributed by atoms with E-state index in [-0.39, 0.29) is 24.3 Å². The Balaban J connectivity index is 1.95. The van der Waals surface area contributed by atoms with Crippen LogP contribution >= 0.6 is 0 Å². The van der Waals surface area contributed by atoms with Gasteiger partial charge in [0.05, 0.1) is 41.9 Å². The average molecular weight is 476 g/mol. The van der Waals surface area contributed by atoms with E-state index in [9.17, 15) is 14.0 Å². The Bertz CT molecular complexity index is 1420. The molecule has 1 aromatic heterocycles. The molecule has 7 nitrogen and oxygen atoms in total. The molecule has 3 aromatic carbocycles. The van der Waals surface area contributed by atoms with E-state index in [0.717, 1.165) is 0 Å². The number of benzene rings is 3. The molecule has 0 N–H and O–H groups in total. The summed E-state index contributed by atoms with van der Waals surface area (Å²) in [5.41, 5.74) is 0.620. The summed E-state index contributed by atoms with van der Waals surface area (Å²) in [5.74, 6) is -0.356. The van der Waals surface area contributed by atoms with Gasteiger partial charge in [-0.25, -0.2) is 9.37 Å². The Morgan fingerprint density at radius 2 is 1.71 bits per heavy atom. The van der Waals surface area contributed by atoms with E-state index in [1.807, 2.05) is 0 Å². The summed E-state index contributed by atoms with van der Waals surface area (Å²) in [6.07, 6.45) is 0. The maximum Gasteiger partial charge on any atom is 0.266 e. The first-order valence-electron chi connectivity index (χ1n) is 11.2. The highest BCUT2D eigenvalue weighted by molar-refractivity contribution is 5.94. The van der Waals surface area contributed by atoms with Gasteiger partial charge in [-0.2, -0.15) is 0 Å². The first kappa shape index (κ1) is 24.1. The lowest BCUT2D eigenvalue weighted by Gasteiger charge is -2.30. The zero-order chi connectivity index (χ0) is 24.9. The summed E-state index contributed by atoms with van der Waals surface area (Å²) in [5, 5.41) is 0.429. The van der Waals surface area contributed by atoms with Crippen molar-refractivity contribution in [1.29, 1.82) is 0 Å². The van der Waals surface area contributed by atoms with Crippen molar-refractivity contribution in [3.63, 3.8) is 0 Å². The van der Waals surface area contributed by atoms with Gasteiger partial charge in [-0.3, -0.25) is 14.2 Å². The number of nitrogens with zero attached hydrogens (tertiary/aromatic N) is 3. The van der Waals surface area contributed by atoms with Crippen molar-refractivity contribution in [3.8, 4) is 11.4 Å². The molecule has 1 atom stereocenters. The first-order valence-corrected chi connectivity index (χ1v) is 11.2. The lowest BCUT2D eigenvalue weighted by atomic mass is 10.1. The predicted octanol–water partition coefficient (Wildman–Crippen LogP) is 4.38. The van der Waals surface area contributed by atoms with E-state index in [1.165, 1.54) is 41.9 Å².